The largest absolute Gasteiger partial charge is 0.395 e. The number of rotatable bonds is 2. The van der Waals surface area contributed by atoms with Gasteiger partial charge in [-0.2, -0.15) is 5.10 Å². The quantitative estimate of drug-likeness (QED) is 0.758. The first-order chi connectivity index (χ1) is 7.41. The van der Waals surface area contributed by atoms with Gasteiger partial charge in [-0.3, -0.25) is 4.68 Å². The minimum absolute atomic E-state index is 0.0192. The van der Waals surface area contributed by atoms with Crippen LogP contribution in [0.1, 0.15) is 17.7 Å². The maximum atomic E-state index is 11.5. The number of nitrogens with zero attached hydrogens (tertiary/aromatic N) is 3. The van der Waals surface area contributed by atoms with Gasteiger partial charge in [0.05, 0.1) is 17.0 Å². The molecule has 2 rings (SSSR count). The average molecular weight is 244 g/mol. The Morgan fingerprint density at radius 3 is 2.69 bits per heavy atom. The molecule has 88 valence electrons. The molecule has 0 radical (unpaired) electrons. The predicted octanol–water partition coefficient (Wildman–Crippen LogP) is -0.500. The Morgan fingerprint density at radius 2 is 2.19 bits per heavy atom. The minimum atomic E-state index is -3.82. The van der Waals surface area contributed by atoms with Crippen LogP contribution in [0.5, 0.6) is 0 Å². The molecule has 0 atom stereocenters. The zero-order valence-corrected chi connectivity index (χ0v) is 9.78. The minimum Gasteiger partial charge on any atom is -0.395 e. The SMILES string of the molecule is Cc1nn(C)c(S(N)(=O)=O)c1C1=NOCC1. The van der Waals surface area contributed by atoms with Crippen molar-refractivity contribution < 1.29 is 13.3 Å². The first-order valence-electron chi connectivity index (χ1n) is 4.67. The van der Waals surface area contributed by atoms with Gasteiger partial charge in [-0.25, -0.2) is 13.6 Å². The van der Waals surface area contributed by atoms with Crippen molar-refractivity contribution in [3.05, 3.63) is 11.3 Å². The van der Waals surface area contributed by atoms with Crippen molar-refractivity contribution in [2.45, 2.75) is 18.4 Å². The Balaban J connectivity index is 2.69. The van der Waals surface area contributed by atoms with Crippen LogP contribution in [0.25, 0.3) is 0 Å². The maximum absolute atomic E-state index is 11.5. The Kier molecular flexibility index (Phi) is 2.47. The lowest BCUT2D eigenvalue weighted by molar-refractivity contribution is 0.174. The van der Waals surface area contributed by atoms with E-state index in [1.54, 1.807) is 6.92 Å². The molecule has 1 aromatic rings. The van der Waals surface area contributed by atoms with Gasteiger partial charge in [0.25, 0.3) is 10.0 Å². The number of aromatic nitrogens is 2. The maximum Gasteiger partial charge on any atom is 0.255 e. The van der Waals surface area contributed by atoms with E-state index in [1.807, 2.05) is 0 Å². The van der Waals surface area contributed by atoms with Gasteiger partial charge in [0.1, 0.15) is 6.61 Å². The Morgan fingerprint density at radius 1 is 1.50 bits per heavy atom. The van der Waals surface area contributed by atoms with E-state index in [-0.39, 0.29) is 5.03 Å². The lowest BCUT2D eigenvalue weighted by Gasteiger charge is -2.02. The first kappa shape index (κ1) is 11.1. The summed E-state index contributed by atoms with van der Waals surface area (Å²) in [4.78, 5) is 4.86. The van der Waals surface area contributed by atoms with Crippen LogP contribution in [0.15, 0.2) is 10.2 Å². The summed E-state index contributed by atoms with van der Waals surface area (Å²) in [6.45, 7) is 2.17. The molecular formula is C8H12N4O3S. The van der Waals surface area contributed by atoms with Crippen LogP contribution >= 0.6 is 0 Å². The van der Waals surface area contributed by atoms with E-state index in [0.29, 0.717) is 30.0 Å². The zero-order chi connectivity index (χ0) is 11.9. The molecule has 2 N–H and O–H groups in total. The fourth-order valence-corrected chi connectivity index (χ4v) is 2.74. The van der Waals surface area contributed by atoms with E-state index in [1.165, 1.54) is 11.7 Å². The third-order valence-electron chi connectivity index (χ3n) is 2.33. The monoisotopic (exact) mass is 244 g/mol. The van der Waals surface area contributed by atoms with Crippen molar-refractivity contribution in [3.8, 4) is 0 Å². The van der Waals surface area contributed by atoms with E-state index < -0.39 is 10.0 Å². The van der Waals surface area contributed by atoms with Crippen LogP contribution in [-0.4, -0.2) is 30.5 Å². The summed E-state index contributed by atoms with van der Waals surface area (Å²) in [5.41, 5.74) is 1.62. The van der Waals surface area contributed by atoms with E-state index >= 15 is 0 Å². The molecular weight excluding hydrogens is 232 g/mol. The van der Waals surface area contributed by atoms with Crippen molar-refractivity contribution in [1.29, 1.82) is 0 Å². The number of aryl methyl sites for hydroxylation is 2. The highest BCUT2D eigenvalue weighted by atomic mass is 32.2. The van der Waals surface area contributed by atoms with Gasteiger partial charge in [-0.1, -0.05) is 5.16 Å². The summed E-state index contributed by atoms with van der Waals surface area (Å²) in [6.07, 6.45) is 0.565. The fraction of sp³-hybridized carbons (Fsp3) is 0.500. The van der Waals surface area contributed by atoms with E-state index in [0.717, 1.165) is 0 Å². The third kappa shape index (κ3) is 1.69. The molecule has 0 saturated heterocycles. The Labute approximate surface area is 92.9 Å². The average Bonchev–Trinajstić information content (AvgIpc) is 2.70. The molecule has 0 amide bonds. The molecule has 0 unspecified atom stereocenters. The highest BCUT2D eigenvalue weighted by molar-refractivity contribution is 7.89. The summed E-state index contributed by atoms with van der Waals surface area (Å²) in [6, 6.07) is 0. The highest BCUT2D eigenvalue weighted by Gasteiger charge is 2.27. The predicted molar refractivity (Wildman–Crippen MR) is 56.4 cm³/mol. The van der Waals surface area contributed by atoms with Gasteiger partial charge in [-0.15, -0.1) is 0 Å². The summed E-state index contributed by atoms with van der Waals surface area (Å²) in [7, 11) is -2.28. The number of oxime groups is 1. The number of nitrogens with two attached hydrogens (primary N) is 1. The van der Waals surface area contributed by atoms with Crippen molar-refractivity contribution in [2.75, 3.05) is 6.61 Å². The number of primary sulfonamides is 1. The summed E-state index contributed by atoms with van der Waals surface area (Å²) >= 11 is 0. The van der Waals surface area contributed by atoms with Gasteiger partial charge in [0, 0.05) is 13.5 Å². The first-order valence-corrected chi connectivity index (χ1v) is 6.21. The van der Waals surface area contributed by atoms with Crippen LogP contribution in [-0.2, 0) is 21.9 Å². The number of sulfonamides is 1. The second-order valence-electron chi connectivity index (χ2n) is 3.56. The van der Waals surface area contributed by atoms with Gasteiger partial charge in [0.15, 0.2) is 5.03 Å². The van der Waals surface area contributed by atoms with Gasteiger partial charge < -0.3 is 4.84 Å². The lowest BCUT2D eigenvalue weighted by atomic mass is 10.1. The molecule has 2 heterocycles. The van der Waals surface area contributed by atoms with Crippen LogP contribution in [0, 0.1) is 6.92 Å². The van der Waals surface area contributed by atoms with E-state index in [9.17, 15) is 8.42 Å². The van der Waals surface area contributed by atoms with Crippen LogP contribution in [0.4, 0.5) is 0 Å². The smallest absolute Gasteiger partial charge is 0.255 e. The second-order valence-corrected chi connectivity index (χ2v) is 5.03. The molecule has 0 spiro atoms. The van der Waals surface area contributed by atoms with Gasteiger partial charge >= 0.3 is 0 Å². The molecule has 0 fully saturated rings. The topological polar surface area (TPSA) is 99.6 Å². The Bertz CT molecular complexity index is 558. The highest BCUT2D eigenvalue weighted by Crippen LogP contribution is 2.21. The molecule has 7 nitrogen and oxygen atoms in total. The van der Waals surface area contributed by atoms with Crippen LogP contribution < -0.4 is 5.14 Å². The molecule has 8 heteroatoms. The van der Waals surface area contributed by atoms with Gasteiger partial charge in [0.2, 0.25) is 0 Å². The molecule has 1 aromatic heterocycles. The molecule has 1 aliphatic heterocycles. The second kappa shape index (κ2) is 3.56. The lowest BCUT2D eigenvalue weighted by Crippen LogP contribution is -2.19. The standard InChI is InChI=1S/C8H12N4O3S/c1-5-7(6-3-4-15-11-6)8(12(2)10-5)16(9,13)14/h3-4H2,1-2H3,(H2,9,13,14). The molecule has 0 aromatic carbocycles. The van der Waals surface area contributed by atoms with Crippen molar-refractivity contribution in [1.82, 2.24) is 9.78 Å². The summed E-state index contributed by atoms with van der Waals surface area (Å²) in [5.74, 6) is 0. The van der Waals surface area contributed by atoms with Crippen LogP contribution in [0.2, 0.25) is 0 Å². The van der Waals surface area contributed by atoms with E-state index in [4.69, 9.17) is 9.98 Å². The van der Waals surface area contributed by atoms with Crippen LogP contribution in [0.3, 0.4) is 0 Å². The number of hydrogen-bond acceptors (Lipinski definition) is 5. The van der Waals surface area contributed by atoms with Crippen molar-refractivity contribution in [2.24, 2.45) is 17.3 Å². The fourth-order valence-electron chi connectivity index (χ4n) is 1.78. The van der Waals surface area contributed by atoms with Gasteiger partial charge in [-0.05, 0) is 6.92 Å². The normalized spacial score (nSPS) is 16.1. The Hall–Kier alpha value is -1.41. The summed E-state index contributed by atoms with van der Waals surface area (Å²) in [5, 5.41) is 13.0. The molecule has 1 aliphatic rings. The van der Waals surface area contributed by atoms with E-state index in [2.05, 4.69) is 10.3 Å². The zero-order valence-electron chi connectivity index (χ0n) is 8.97. The molecule has 0 bridgehead atoms. The third-order valence-corrected chi connectivity index (χ3v) is 3.34. The molecule has 0 saturated carbocycles. The van der Waals surface area contributed by atoms with Crippen molar-refractivity contribution >= 4 is 15.7 Å². The molecule has 0 aliphatic carbocycles. The summed E-state index contributed by atoms with van der Waals surface area (Å²) < 4.78 is 24.2. The molecule has 16 heavy (non-hydrogen) atoms. The number of hydrogen-bond donors (Lipinski definition) is 1. The van der Waals surface area contributed by atoms with Crippen molar-refractivity contribution in [3.63, 3.8) is 0 Å².